The lowest BCUT2D eigenvalue weighted by molar-refractivity contribution is 0.0995. The molecule has 0 saturated carbocycles. The molecule has 5 heteroatoms. The monoisotopic (exact) mass is 251 g/mol. The van der Waals surface area contributed by atoms with Crippen LogP contribution >= 0.6 is 11.6 Å². The molecule has 0 bridgehead atoms. The fraction of sp³-hybridized carbons (Fsp3) is 0.0833. The molecule has 1 aromatic heterocycles. The van der Waals surface area contributed by atoms with Gasteiger partial charge >= 0.3 is 0 Å². The number of anilines is 1. The normalized spacial score (nSPS) is 10.2. The number of aryl methyl sites for hydroxylation is 1. The molecule has 0 aliphatic carbocycles. The molecule has 0 aliphatic heterocycles. The number of carbonyl (C=O) groups is 1. The number of halogens is 1. The first-order valence-corrected chi connectivity index (χ1v) is 5.30. The van der Waals surface area contributed by atoms with Crippen molar-refractivity contribution < 1.29 is 14.3 Å². The number of phenolic OH excluding ortho intramolecular Hbond substituents is 1. The van der Waals surface area contributed by atoms with Crippen LogP contribution in [0.1, 0.15) is 16.3 Å². The predicted molar refractivity (Wildman–Crippen MR) is 64.5 cm³/mol. The van der Waals surface area contributed by atoms with Crippen LogP contribution in [0.3, 0.4) is 0 Å². The Morgan fingerprint density at radius 2 is 2.12 bits per heavy atom. The van der Waals surface area contributed by atoms with Crippen LogP contribution in [0.15, 0.2) is 34.7 Å². The second kappa shape index (κ2) is 4.51. The van der Waals surface area contributed by atoms with Crippen LogP contribution in [0.2, 0.25) is 5.02 Å². The molecular formula is C12H10ClNO3. The number of benzene rings is 1. The summed E-state index contributed by atoms with van der Waals surface area (Å²) in [6, 6.07) is 7.65. The Balaban J connectivity index is 2.21. The van der Waals surface area contributed by atoms with E-state index in [4.69, 9.17) is 16.0 Å². The lowest BCUT2D eigenvalue weighted by Crippen LogP contribution is -2.10. The van der Waals surface area contributed by atoms with Crippen LogP contribution in [0.5, 0.6) is 5.75 Å². The van der Waals surface area contributed by atoms with Crippen molar-refractivity contribution in [3.05, 3.63) is 46.9 Å². The minimum absolute atomic E-state index is 0.0500. The van der Waals surface area contributed by atoms with Crippen molar-refractivity contribution in [3.8, 4) is 5.75 Å². The van der Waals surface area contributed by atoms with Crippen molar-refractivity contribution in [2.24, 2.45) is 0 Å². The number of rotatable bonds is 2. The zero-order valence-corrected chi connectivity index (χ0v) is 9.78. The van der Waals surface area contributed by atoms with Crippen LogP contribution in [0, 0.1) is 6.92 Å². The quantitative estimate of drug-likeness (QED) is 0.806. The van der Waals surface area contributed by atoms with Gasteiger partial charge in [-0.3, -0.25) is 4.79 Å². The second-order valence-electron chi connectivity index (χ2n) is 3.53. The Hall–Kier alpha value is -1.94. The van der Waals surface area contributed by atoms with Gasteiger partial charge in [-0.25, -0.2) is 0 Å². The number of hydrogen-bond donors (Lipinski definition) is 2. The molecule has 0 unspecified atom stereocenters. The molecule has 2 rings (SSSR count). The summed E-state index contributed by atoms with van der Waals surface area (Å²) in [5, 5.41) is 12.5. The smallest absolute Gasteiger partial charge is 0.291 e. The van der Waals surface area contributed by atoms with Crippen molar-refractivity contribution in [2.75, 3.05) is 5.32 Å². The predicted octanol–water partition coefficient (Wildman–Crippen LogP) is 3.20. The molecule has 0 spiro atoms. The van der Waals surface area contributed by atoms with Crippen molar-refractivity contribution in [3.63, 3.8) is 0 Å². The molecule has 0 fully saturated rings. The number of amides is 1. The van der Waals surface area contributed by atoms with Crippen LogP contribution < -0.4 is 5.32 Å². The van der Waals surface area contributed by atoms with Crippen LogP contribution in [-0.4, -0.2) is 11.0 Å². The summed E-state index contributed by atoms with van der Waals surface area (Å²) in [7, 11) is 0. The molecule has 1 aromatic carbocycles. The van der Waals surface area contributed by atoms with E-state index in [-0.39, 0.29) is 17.2 Å². The third-order valence-corrected chi connectivity index (χ3v) is 2.41. The maximum atomic E-state index is 11.7. The van der Waals surface area contributed by atoms with Crippen molar-refractivity contribution >= 4 is 23.2 Å². The molecule has 1 amide bonds. The summed E-state index contributed by atoms with van der Waals surface area (Å²) >= 11 is 5.76. The number of carbonyl (C=O) groups excluding carboxylic acids is 1. The number of aromatic hydroxyl groups is 1. The molecule has 0 saturated heterocycles. The van der Waals surface area contributed by atoms with E-state index in [9.17, 15) is 9.90 Å². The Morgan fingerprint density at radius 3 is 2.76 bits per heavy atom. The van der Waals surface area contributed by atoms with Gasteiger partial charge in [0, 0.05) is 5.02 Å². The van der Waals surface area contributed by atoms with Gasteiger partial charge in [0.2, 0.25) is 0 Å². The van der Waals surface area contributed by atoms with Crippen molar-refractivity contribution in [1.82, 2.24) is 0 Å². The average Bonchev–Trinajstić information content (AvgIpc) is 2.70. The SMILES string of the molecule is Cc1ccc(C(=O)Nc2cc(Cl)ccc2O)o1. The Kier molecular flexibility index (Phi) is 3.06. The van der Waals surface area contributed by atoms with Gasteiger partial charge in [-0.05, 0) is 37.3 Å². The summed E-state index contributed by atoms with van der Waals surface area (Å²) < 4.78 is 5.16. The van der Waals surface area contributed by atoms with Gasteiger partial charge in [0.15, 0.2) is 5.76 Å². The molecule has 2 aromatic rings. The Morgan fingerprint density at radius 1 is 1.35 bits per heavy atom. The van der Waals surface area contributed by atoms with E-state index in [1.54, 1.807) is 19.1 Å². The zero-order chi connectivity index (χ0) is 12.4. The van der Waals surface area contributed by atoms with E-state index in [0.29, 0.717) is 10.8 Å². The molecular weight excluding hydrogens is 242 g/mol. The van der Waals surface area contributed by atoms with E-state index in [1.807, 2.05) is 0 Å². The fourth-order valence-corrected chi connectivity index (χ4v) is 1.52. The largest absolute Gasteiger partial charge is 0.506 e. The van der Waals surface area contributed by atoms with Gasteiger partial charge in [-0.1, -0.05) is 11.6 Å². The standard InChI is InChI=1S/C12H10ClNO3/c1-7-2-5-11(17-7)12(16)14-9-6-8(13)3-4-10(9)15/h2-6,15H,1H3,(H,14,16). The lowest BCUT2D eigenvalue weighted by Gasteiger charge is -2.05. The summed E-state index contributed by atoms with van der Waals surface area (Å²) in [6.07, 6.45) is 0. The van der Waals surface area contributed by atoms with Gasteiger partial charge < -0.3 is 14.8 Å². The zero-order valence-electron chi connectivity index (χ0n) is 9.03. The van der Waals surface area contributed by atoms with E-state index in [1.165, 1.54) is 18.2 Å². The maximum Gasteiger partial charge on any atom is 0.291 e. The molecule has 1 heterocycles. The van der Waals surface area contributed by atoms with Gasteiger partial charge in [0.25, 0.3) is 5.91 Å². The molecule has 2 N–H and O–H groups in total. The van der Waals surface area contributed by atoms with Gasteiger partial charge in [0.05, 0.1) is 5.69 Å². The molecule has 0 radical (unpaired) electrons. The van der Waals surface area contributed by atoms with Gasteiger partial charge in [0.1, 0.15) is 11.5 Å². The van der Waals surface area contributed by atoms with E-state index < -0.39 is 5.91 Å². The van der Waals surface area contributed by atoms with Gasteiger partial charge in [-0.2, -0.15) is 0 Å². The number of hydrogen-bond acceptors (Lipinski definition) is 3. The van der Waals surface area contributed by atoms with Crippen LogP contribution in [-0.2, 0) is 0 Å². The fourth-order valence-electron chi connectivity index (χ4n) is 1.35. The first-order chi connectivity index (χ1) is 8.06. The second-order valence-corrected chi connectivity index (χ2v) is 3.96. The van der Waals surface area contributed by atoms with Crippen LogP contribution in [0.4, 0.5) is 5.69 Å². The summed E-state index contributed by atoms with van der Waals surface area (Å²) in [5.74, 6) is 0.342. The highest BCUT2D eigenvalue weighted by atomic mass is 35.5. The Labute approximate surface area is 103 Å². The van der Waals surface area contributed by atoms with E-state index >= 15 is 0 Å². The highest BCUT2D eigenvalue weighted by Gasteiger charge is 2.12. The highest BCUT2D eigenvalue weighted by Crippen LogP contribution is 2.27. The molecule has 0 atom stereocenters. The van der Waals surface area contributed by atoms with Crippen molar-refractivity contribution in [1.29, 1.82) is 0 Å². The number of nitrogens with one attached hydrogen (secondary N) is 1. The number of furan rings is 1. The van der Waals surface area contributed by atoms with E-state index in [2.05, 4.69) is 5.32 Å². The van der Waals surface area contributed by atoms with Gasteiger partial charge in [-0.15, -0.1) is 0 Å². The molecule has 88 valence electrons. The highest BCUT2D eigenvalue weighted by molar-refractivity contribution is 6.31. The first-order valence-electron chi connectivity index (χ1n) is 4.92. The maximum absolute atomic E-state index is 11.7. The molecule has 17 heavy (non-hydrogen) atoms. The molecule has 0 aliphatic rings. The average molecular weight is 252 g/mol. The summed E-state index contributed by atoms with van der Waals surface area (Å²) in [4.78, 5) is 11.7. The third-order valence-electron chi connectivity index (χ3n) is 2.17. The Bertz CT molecular complexity index is 563. The summed E-state index contributed by atoms with van der Waals surface area (Å²) in [6.45, 7) is 1.74. The minimum atomic E-state index is -0.435. The first kappa shape index (κ1) is 11.5. The van der Waals surface area contributed by atoms with Crippen molar-refractivity contribution in [2.45, 2.75) is 6.92 Å². The van der Waals surface area contributed by atoms with E-state index in [0.717, 1.165) is 0 Å². The number of phenols is 1. The summed E-state index contributed by atoms with van der Waals surface area (Å²) in [5.41, 5.74) is 0.247. The molecule has 4 nitrogen and oxygen atoms in total. The minimum Gasteiger partial charge on any atom is -0.506 e. The third kappa shape index (κ3) is 2.60. The van der Waals surface area contributed by atoms with Crippen LogP contribution in [0.25, 0.3) is 0 Å². The lowest BCUT2D eigenvalue weighted by atomic mass is 10.3. The topological polar surface area (TPSA) is 62.5 Å².